The average molecular weight is 237 g/mol. The number of hydrogen-bond donors (Lipinski definition) is 1. The fourth-order valence-electron chi connectivity index (χ4n) is 1.81. The highest BCUT2D eigenvalue weighted by Crippen LogP contribution is 2.24. The predicted molar refractivity (Wildman–Crippen MR) is 73.2 cm³/mol. The molecule has 1 aromatic carbocycles. The maximum absolute atomic E-state index is 8.96. The van der Waals surface area contributed by atoms with Gasteiger partial charge in [0.2, 0.25) is 0 Å². The van der Waals surface area contributed by atoms with Gasteiger partial charge in [0.15, 0.2) is 0 Å². The van der Waals surface area contributed by atoms with Gasteiger partial charge in [-0.15, -0.1) is 0 Å². The Bertz CT molecular complexity index is 584. The highest BCUT2D eigenvalue weighted by atomic mass is 14.9. The van der Waals surface area contributed by atoms with E-state index in [9.17, 15) is 0 Å². The predicted octanol–water partition coefficient (Wildman–Crippen LogP) is 3.42. The number of benzene rings is 1. The molecular formula is C15H15N3. The highest BCUT2D eigenvalue weighted by Gasteiger charge is 2.06. The standard InChI is InChI=1S/C15H15N3/c1-11(10-16)12-4-3-5-13(8-12)14-6-7-18-15(9-14)17-2/h3-9,11H,1-2H3,(H,17,18). The number of nitrogens with zero attached hydrogens (tertiary/aromatic N) is 2. The molecule has 3 heteroatoms. The molecule has 1 aromatic heterocycles. The monoisotopic (exact) mass is 237 g/mol. The van der Waals surface area contributed by atoms with Crippen LogP contribution in [0.15, 0.2) is 42.6 Å². The summed E-state index contributed by atoms with van der Waals surface area (Å²) in [6, 6.07) is 14.3. The average Bonchev–Trinajstić information content (AvgIpc) is 2.46. The highest BCUT2D eigenvalue weighted by molar-refractivity contribution is 5.67. The van der Waals surface area contributed by atoms with E-state index < -0.39 is 0 Å². The lowest BCUT2D eigenvalue weighted by atomic mass is 9.97. The van der Waals surface area contributed by atoms with Crippen molar-refractivity contribution in [2.45, 2.75) is 12.8 Å². The van der Waals surface area contributed by atoms with Crippen LogP contribution in [0, 0.1) is 11.3 Å². The molecule has 18 heavy (non-hydrogen) atoms. The SMILES string of the molecule is CNc1cc(-c2cccc(C(C)C#N)c2)ccn1. The number of nitrogens with one attached hydrogen (secondary N) is 1. The minimum atomic E-state index is -0.0874. The minimum absolute atomic E-state index is 0.0874. The van der Waals surface area contributed by atoms with E-state index in [0.717, 1.165) is 22.5 Å². The molecule has 0 bridgehead atoms. The van der Waals surface area contributed by atoms with E-state index in [0.29, 0.717) is 0 Å². The van der Waals surface area contributed by atoms with Gasteiger partial charge in [0, 0.05) is 13.2 Å². The van der Waals surface area contributed by atoms with Gasteiger partial charge in [0.1, 0.15) is 5.82 Å². The molecule has 90 valence electrons. The molecule has 1 heterocycles. The maximum Gasteiger partial charge on any atom is 0.126 e. The summed E-state index contributed by atoms with van der Waals surface area (Å²) in [5, 5.41) is 12.0. The molecule has 0 fully saturated rings. The van der Waals surface area contributed by atoms with Crippen molar-refractivity contribution in [1.82, 2.24) is 4.98 Å². The summed E-state index contributed by atoms with van der Waals surface area (Å²) in [6.07, 6.45) is 1.78. The number of nitriles is 1. The Hall–Kier alpha value is -2.34. The zero-order chi connectivity index (χ0) is 13.0. The summed E-state index contributed by atoms with van der Waals surface area (Å²) in [7, 11) is 1.85. The lowest BCUT2D eigenvalue weighted by Crippen LogP contribution is -1.93. The summed E-state index contributed by atoms with van der Waals surface area (Å²) < 4.78 is 0. The van der Waals surface area contributed by atoms with Crippen LogP contribution in [-0.2, 0) is 0 Å². The topological polar surface area (TPSA) is 48.7 Å². The fourth-order valence-corrected chi connectivity index (χ4v) is 1.81. The van der Waals surface area contributed by atoms with Gasteiger partial charge in [0.05, 0.1) is 12.0 Å². The van der Waals surface area contributed by atoms with E-state index in [1.54, 1.807) is 6.20 Å². The Kier molecular flexibility index (Phi) is 3.59. The molecule has 0 aliphatic rings. The smallest absolute Gasteiger partial charge is 0.126 e. The molecule has 0 saturated carbocycles. The van der Waals surface area contributed by atoms with Gasteiger partial charge in [-0.25, -0.2) is 4.98 Å². The molecule has 0 aliphatic heterocycles. The maximum atomic E-state index is 8.96. The number of aromatic nitrogens is 1. The van der Waals surface area contributed by atoms with Crippen molar-refractivity contribution in [2.24, 2.45) is 0 Å². The van der Waals surface area contributed by atoms with Crippen molar-refractivity contribution >= 4 is 5.82 Å². The van der Waals surface area contributed by atoms with Crippen molar-refractivity contribution in [3.05, 3.63) is 48.2 Å². The molecule has 0 saturated heterocycles. The zero-order valence-corrected chi connectivity index (χ0v) is 10.5. The Morgan fingerprint density at radius 3 is 2.72 bits per heavy atom. The van der Waals surface area contributed by atoms with E-state index in [4.69, 9.17) is 5.26 Å². The number of rotatable bonds is 3. The molecule has 1 unspecified atom stereocenters. The fraction of sp³-hybridized carbons (Fsp3) is 0.200. The van der Waals surface area contributed by atoms with Gasteiger partial charge >= 0.3 is 0 Å². The van der Waals surface area contributed by atoms with Crippen LogP contribution in [0.5, 0.6) is 0 Å². The van der Waals surface area contributed by atoms with Crippen molar-refractivity contribution in [2.75, 3.05) is 12.4 Å². The number of anilines is 1. The van der Waals surface area contributed by atoms with Gasteiger partial charge in [0.25, 0.3) is 0 Å². The van der Waals surface area contributed by atoms with Gasteiger partial charge in [-0.3, -0.25) is 0 Å². The molecule has 2 rings (SSSR count). The summed E-state index contributed by atoms with van der Waals surface area (Å²) in [5.41, 5.74) is 3.24. The molecule has 0 amide bonds. The normalized spacial score (nSPS) is 11.6. The summed E-state index contributed by atoms with van der Waals surface area (Å²) in [4.78, 5) is 4.19. The van der Waals surface area contributed by atoms with Crippen LogP contribution in [0.1, 0.15) is 18.4 Å². The van der Waals surface area contributed by atoms with Crippen LogP contribution < -0.4 is 5.32 Å². The first-order valence-corrected chi connectivity index (χ1v) is 5.88. The second-order valence-electron chi connectivity index (χ2n) is 4.16. The van der Waals surface area contributed by atoms with Crippen molar-refractivity contribution in [3.63, 3.8) is 0 Å². The van der Waals surface area contributed by atoms with Crippen LogP contribution in [-0.4, -0.2) is 12.0 Å². The second kappa shape index (κ2) is 5.33. The first kappa shape index (κ1) is 12.1. The first-order valence-electron chi connectivity index (χ1n) is 5.88. The summed E-state index contributed by atoms with van der Waals surface area (Å²) in [6.45, 7) is 1.91. The van der Waals surface area contributed by atoms with Crippen molar-refractivity contribution < 1.29 is 0 Å². The lowest BCUT2D eigenvalue weighted by molar-refractivity contribution is 0.982. The van der Waals surface area contributed by atoms with Gasteiger partial charge in [-0.1, -0.05) is 18.2 Å². The van der Waals surface area contributed by atoms with E-state index >= 15 is 0 Å². The third-order valence-electron chi connectivity index (χ3n) is 2.93. The second-order valence-corrected chi connectivity index (χ2v) is 4.16. The van der Waals surface area contributed by atoms with E-state index in [1.807, 2.05) is 44.3 Å². The third-order valence-corrected chi connectivity index (χ3v) is 2.93. The zero-order valence-electron chi connectivity index (χ0n) is 10.5. The van der Waals surface area contributed by atoms with Crippen LogP contribution >= 0.6 is 0 Å². The Balaban J connectivity index is 2.41. The molecule has 3 nitrogen and oxygen atoms in total. The van der Waals surface area contributed by atoms with Crippen LogP contribution in [0.4, 0.5) is 5.82 Å². The van der Waals surface area contributed by atoms with Crippen LogP contribution in [0.2, 0.25) is 0 Å². The minimum Gasteiger partial charge on any atom is -0.373 e. The summed E-state index contributed by atoms with van der Waals surface area (Å²) in [5.74, 6) is 0.752. The van der Waals surface area contributed by atoms with Gasteiger partial charge in [-0.2, -0.15) is 5.26 Å². The summed E-state index contributed by atoms with van der Waals surface area (Å²) >= 11 is 0. The van der Waals surface area contributed by atoms with E-state index in [1.165, 1.54) is 0 Å². The molecule has 0 aliphatic carbocycles. The molecule has 0 radical (unpaired) electrons. The quantitative estimate of drug-likeness (QED) is 0.889. The Morgan fingerprint density at radius 2 is 2.00 bits per heavy atom. The Morgan fingerprint density at radius 1 is 1.22 bits per heavy atom. The van der Waals surface area contributed by atoms with Crippen LogP contribution in [0.3, 0.4) is 0 Å². The van der Waals surface area contributed by atoms with Crippen molar-refractivity contribution in [3.8, 4) is 17.2 Å². The van der Waals surface area contributed by atoms with Gasteiger partial charge in [-0.05, 0) is 41.8 Å². The molecule has 1 atom stereocenters. The largest absolute Gasteiger partial charge is 0.373 e. The molecule has 0 spiro atoms. The van der Waals surface area contributed by atoms with Crippen LogP contribution in [0.25, 0.3) is 11.1 Å². The number of pyridine rings is 1. The van der Waals surface area contributed by atoms with E-state index in [-0.39, 0.29) is 5.92 Å². The number of hydrogen-bond acceptors (Lipinski definition) is 3. The molecule has 1 N–H and O–H groups in total. The van der Waals surface area contributed by atoms with E-state index in [2.05, 4.69) is 22.4 Å². The first-order chi connectivity index (χ1) is 8.74. The molecule has 2 aromatic rings. The molecular weight excluding hydrogens is 222 g/mol. The third kappa shape index (κ3) is 2.49. The lowest BCUT2D eigenvalue weighted by Gasteiger charge is -2.08. The van der Waals surface area contributed by atoms with Crippen molar-refractivity contribution in [1.29, 1.82) is 5.26 Å². The van der Waals surface area contributed by atoms with Gasteiger partial charge < -0.3 is 5.32 Å². The Labute approximate surface area is 107 Å².